The molecule has 0 bridgehead atoms. The molecule has 0 aliphatic carbocycles. The number of hydrogen-bond donors (Lipinski definition) is 1. The highest BCUT2D eigenvalue weighted by Gasteiger charge is 2.18. The predicted octanol–water partition coefficient (Wildman–Crippen LogP) is -0.431. The zero-order chi connectivity index (χ0) is 6.85. The van der Waals surface area contributed by atoms with Gasteiger partial charge in [0.2, 0.25) is 5.78 Å². The molecule has 9 heavy (non-hydrogen) atoms. The van der Waals surface area contributed by atoms with Crippen molar-refractivity contribution in [1.82, 2.24) is 5.32 Å². The average molecular weight is 141 g/mol. The molecule has 1 heterocycles. The van der Waals surface area contributed by atoms with Gasteiger partial charge in [0.05, 0.1) is 0 Å². The van der Waals surface area contributed by atoms with E-state index in [4.69, 9.17) is 0 Å². The number of hydrogen-bond acceptors (Lipinski definition) is 3. The summed E-state index contributed by atoms with van der Waals surface area (Å²) >= 11 is 4.47. The van der Waals surface area contributed by atoms with Gasteiger partial charge in [-0.05, 0) is 0 Å². The van der Waals surface area contributed by atoms with Gasteiger partial charge in [-0.15, -0.1) is 0 Å². The molecule has 0 saturated carbocycles. The van der Waals surface area contributed by atoms with Crippen molar-refractivity contribution in [3.8, 4) is 0 Å². The lowest BCUT2D eigenvalue weighted by atomic mass is 10.2. The van der Waals surface area contributed by atoms with Crippen LogP contribution in [0, 0.1) is 0 Å². The number of carbonyl (C=O) groups excluding carboxylic acids is 2. The van der Waals surface area contributed by atoms with Gasteiger partial charge in [-0.2, -0.15) is 0 Å². The highest BCUT2D eigenvalue weighted by molar-refractivity contribution is 7.82. The highest BCUT2D eigenvalue weighted by atomic mass is 32.1. The Labute approximate surface area is 56.7 Å². The van der Waals surface area contributed by atoms with E-state index in [1.54, 1.807) is 0 Å². The number of ketones is 2. The number of nitrogens with one attached hydrogen (secondary N) is 1. The monoisotopic (exact) mass is 141 g/mol. The maximum Gasteiger partial charge on any atom is 0.260 e. The van der Waals surface area contributed by atoms with Crippen LogP contribution in [-0.2, 0) is 9.59 Å². The molecule has 1 rings (SSSR count). The predicted molar refractivity (Wildman–Crippen MR) is 34.9 cm³/mol. The lowest BCUT2D eigenvalue weighted by Gasteiger charge is -2.02. The molecule has 1 N–H and O–H groups in total. The second kappa shape index (κ2) is 2.06. The molecule has 1 aliphatic rings. The van der Waals surface area contributed by atoms with Crippen LogP contribution < -0.4 is 5.32 Å². The van der Waals surface area contributed by atoms with Crippen LogP contribution in [0.25, 0.3) is 0 Å². The van der Waals surface area contributed by atoms with Crippen LogP contribution in [0.1, 0.15) is 0 Å². The van der Waals surface area contributed by atoms with Gasteiger partial charge in [0.25, 0.3) is 5.78 Å². The Morgan fingerprint density at radius 3 is 2.56 bits per heavy atom. The molecule has 0 aromatic rings. The summed E-state index contributed by atoms with van der Waals surface area (Å²) in [6.07, 6.45) is 2.50. The molecule has 46 valence electrons. The second-order valence-electron chi connectivity index (χ2n) is 1.50. The third kappa shape index (κ3) is 1.02. The second-order valence-corrected chi connectivity index (χ2v) is 1.91. The van der Waals surface area contributed by atoms with E-state index in [1.165, 1.54) is 6.20 Å². The SMILES string of the molecule is O=C1C=CNC(=S)C1=O. The topological polar surface area (TPSA) is 46.2 Å². The quantitative estimate of drug-likeness (QED) is 0.367. The first-order chi connectivity index (χ1) is 4.22. The molecule has 4 heteroatoms. The van der Waals surface area contributed by atoms with Gasteiger partial charge < -0.3 is 5.32 Å². The highest BCUT2D eigenvalue weighted by Crippen LogP contribution is 1.88. The van der Waals surface area contributed by atoms with Crippen molar-refractivity contribution >= 4 is 28.8 Å². The standard InChI is InChI=1S/C5H3NO2S/c7-3-1-2-6-5(9)4(3)8/h1-2H,(H,6,9). The fraction of sp³-hybridized carbons (Fsp3) is 0. The molecule has 0 unspecified atom stereocenters. The lowest BCUT2D eigenvalue weighted by molar-refractivity contribution is -0.130. The van der Waals surface area contributed by atoms with Crippen molar-refractivity contribution in [2.24, 2.45) is 0 Å². The third-order valence-electron chi connectivity index (χ3n) is 0.879. The summed E-state index contributed by atoms with van der Waals surface area (Å²) in [5, 5.41) is 2.44. The molecule has 0 fully saturated rings. The van der Waals surface area contributed by atoms with Crippen LogP contribution >= 0.6 is 12.2 Å². The van der Waals surface area contributed by atoms with Crippen LogP contribution in [0.4, 0.5) is 0 Å². The van der Waals surface area contributed by atoms with E-state index in [9.17, 15) is 9.59 Å². The lowest BCUT2D eigenvalue weighted by Crippen LogP contribution is -2.34. The van der Waals surface area contributed by atoms with Gasteiger partial charge >= 0.3 is 0 Å². The number of rotatable bonds is 0. The van der Waals surface area contributed by atoms with Crippen molar-refractivity contribution in [2.45, 2.75) is 0 Å². The summed E-state index contributed by atoms with van der Waals surface area (Å²) < 4.78 is 0. The summed E-state index contributed by atoms with van der Waals surface area (Å²) in [6, 6.07) is 0. The van der Waals surface area contributed by atoms with E-state index < -0.39 is 11.6 Å². The Morgan fingerprint density at radius 2 is 2.11 bits per heavy atom. The van der Waals surface area contributed by atoms with Crippen LogP contribution in [0.3, 0.4) is 0 Å². The molecular weight excluding hydrogens is 138 g/mol. The molecule has 0 saturated heterocycles. The largest absolute Gasteiger partial charge is 0.349 e. The normalized spacial score (nSPS) is 18.0. The van der Waals surface area contributed by atoms with E-state index in [-0.39, 0.29) is 4.99 Å². The summed E-state index contributed by atoms with van der Waals surface area (Å²) in [7, 11) is 0. The van der Waals surface area contributed by atoms with Crippen LogP contribution in [-0.4, -0.2) is 16.6 Å². The smallest absolute Gasteiger partial charge is 0.260 e. The van der Waals surface area contributed by atoms with E-state index >= 15 is 0 Å². The number of thiocarbonyl (C=S) groups is 1. The van der Waals surface area contributed by atoms with E-state index in [0.29, 0.717) is 0 Å². The average Bonchev–Trinajstić information content (AvgIpc) is 1.83. The minimum atomic E-state index is -0.632. The molecular formula is C5H3NO2S. The van der Waals surface area contributed by atoms with Crippen molar-refractivity contribution < 1.29 is 9.59 Å². The third-order valence-corrected chi connectivity index (χ3v) is 1.18. The summed E-state index contributed by atoms with van der Waals surface area (Å²) in [6.45, 7) is 0. The van der Waals surface area contributed by atoms with Gasteiger partial charge in [-0.25, -0.2) is 0 Å². The Morgan fingerprint density at radius 1 is 1.44 bits per heavy atom. The Hall–Kier alpha value is -1.03. The van der Waals surface area contributed by atoms with Crippen molar-refractivity contribution in [2.75, 3.05) is 0 Å². The van der Waals surface area contributed by atoms with Gasteiger partial charge in [0.15, 0.2) is 4.99 Å². The fourth-order valence-corrected chi connectivity index (χ4v) is 0.615. The minimum absolute atomic E-state index is 0.0255. The first-order valence-electron chi connectivity index (χ1n) is 2.27. The number of carbonyl (C=O) groups is 2. The van der Waals surface area contributed by atoms with Crippen LogP contribution in [0.5, 0.6) is 0 Å². The maximum atomic E-state index is 10.5. The molecule has 0 radical (unpaired) electrons. The van der Waals surface area contributed by atoms with Crippen molar-refractivity contribution in [1.29, 1.82) is 0 Å². The summed E-state index contributed by atoms with van der Waals surface area (Å²) in [4.78, 5) is 20.9. The summed E-state index contributed by atoms with van der Waals surface area (Å²) in [5.41, 5.74) is 0. The molecule has 0 aromatic carbocycles. The van der Waals surface area contributed by atoms with Crippen LogP contribution in [0.2, 0.25) is 0 Å². The molecule has 0 amide bonds. The molecule has 0 atom stereocenters. The first kappa shape index (κ1) is 6.10. The zero-order valence-electron chi connectivity index (χ0n) is 4.38. The van der Waals surface area contributed by atoms with Crippen molar-refractivity contribution in [3.63, 3.8) is 0 Å². The summed E-state index contributed by atoms with van der Waals surface area (Å²) in [5.74, 6) is -1.19. The van der Waals surface area contributed by atoms with Gasteiger partial charge in [0.1, 0.15) is 0 Å². The molecule has 3 nitrogen and oxygen atoms in total. The van der Waals surface area contributed by atoms with Gasteiger partial charge in [0, 0.05) is 12.3 Å². The van der Waals surface area contributed by atoms with E-state index in [1.807, 2.05) is 0 Å². The molecule has 1 aliphatic heterocycles. The Kier molecular flexibility index (Phi) is 1.40. The van der Waals surface area contributed by atoms with Crippen LogP contribution in [0.15, 0.2) is 12.3 Å². The van der Waals surface area contributed by atoms with Crippen molar-refractivity contribution in [3.05, 3.63) is 12.3 Å². The van der Waals surface area contributed by atoms with Gasteiger partial charge in [-0.1, -0.05) is 12.2 Å². The van der Waals surface area contributed by atoms with E-state index in [0.717, 1.165) is 6.08 Å². The zero-order valence-corrected chi connectivity index (χ0v) is 5.20. The molecule has 0 spiro atoms. The first-order valence-corrected chi connectivity index (χ1v) is 2.68. The minimum Gasteiger partial charge on any atom is -0.349 e. The Balaban J connectivity index is 2.94. The van der Waals surface area contributed by atoms with E-state index in [2.05, 4.69) is 17.5 Å². The maximum absolute atomic E-state index is 10.5. The fourth-order valence-electron chi connectivity index (χ4n) is 0.446. The van der Waals surface area contributed by atoms with Gasteiger partial charge in [-0.3, -0.25) is 9.59 Å². The number of Topliss-reactive ketones (excluding diaryl/α,β-unsaturated/α-hetero) is 1. The Bertz CT molecular complexity index is 219. The number of allylic oxidation sites excluding steroid dienone is 1. The molecule has 0 aromatic heterocycles.